The van der Waals surface area contributed by atoms with E-state index in [2.05, 4.69) is 4.98 Å². The van der Waals surface area contributed by atoms with Gasteiger partial charge in [-0.1, -0.05) is 6.07 Å². The lowest BCUT2D eigenvalue weighted by Gasteiger charge is -2.20. The Morgan fingerprint density at radius 1 is 1.50 bits per heavy atom. The van der Waals surface area contributed by atoms with Crippen LogP contribution >= 0.6 is 11.3 Å². The van der Waals surface area contributed by atoms with Gasteiger partial charge in [0, 0.05) is 23.2 Å². The highest BCUT2D eigenvalue weighted by Crippen LogP contribution is 2.14. The maximum Gasteiger partial charge on any atom is 0.254 e. The van der Waals surface area contributed by atoms with Crippen molar-refractivity contribution in [3.8, 4) is 0 Å². The van der Waals surface area contributed by atoms with Gasteiger partial charge in [0.05, 0.1) is 6.54 Å². The molecule has 0 saturated carbocycles. The number of nitrogen functional groups attached to an aromatic ring is 1. The Morgan fingerprint density at radius 2 is 2.33 bits per heavy atom. The van der Waals surface area contributed by atoms with E-state index in [1.54, 1.807) is 34.6 Å². The Kier molecular flexibility index (Phi) is 3.94. The summed E-state index contributed by atoms with van der Waals surface area (Å²) in [5.41, 5.74) is 6.18. The van der Waals surface area contributed by atoms with E-state index in [0.717, 1.165) is 0 Å². The number of hydrogen-bond acceptors (Lipinski definition) is 4. The molecule has 0 atom stereocenters. The standard InChI is InChI=1S/C13H15N3OS/c1-2-16(9-11-4-3-7-18-11)13(17)10-5-6-15-12(14)8-10/h3-8H,2,9H2,1H3,(H2,14,15). The van der Waals surface area contributed by atoms with Crippen molar-refractivity contribution < 1.29 is 4.79 Å². The maximum atomic E-state index is 12.3. The summed E-state index contributed by atoms with van der Waals surface area (Å²) in [5, 5.41) is 2.01. The van der Waals surface area contributed by atoms with E-state index in [0.29, 0.717) is 24.5 Å². The van der Waals surface area contributed by atoms with Gasteiger partial charge in [0.15, 0.2) is 0 Å². The lowest BCUT2D eigenvalue weighted by Crippen LogP contribution is -2.30. The predicted molar refractivity (Wildman–Crippen MR) is 73.4 cm³/mol. The van der Waals surface area contributed by atoms with Gasteiger partial charge < -0.3 is 10.6 Å². The molecule has 2 N–H and O–H groups in total. The molecular weight excluding hydrogens is 246 g/mol. The summed E-state index contributed by atoms with van der Waals surface area (Å²) in [6.07, 6.45) is 1.56. The molecule has 2 aromatic heterocycles. The fraction of sp³-hybridized carbons (Fsp3) is 0.231. The van der Waals surface area contributed by atoms with Crippen LogP contribution in [-0.2, 0) is 6.54 Å². The van der Waals surface area contributed by atoms with Gasteiger partial charge in [-0.25, -0.2) is 4.98 Å². The molecule has 0 bridgehead atoms. The largest absolute Gasteiger partial charge is 0.384 e. The molecule has 1 amide bonds. The second kappa shape index (κ2) is 5.64. The van der Waals surface area contributed by atoms with Crippen molar-refractivity contribution in [1.82, 2.24) is 9.88 Å². The zero-order valence-corrected chi connectivity index (χ0v) is 11.0. The molecule has 0 aliphatic heterocycles. The topological polar surface area (TPSA) is 59.2 Å². The highest BCUT2D eigenvalue weighted by atomic mass is 32.1. The van der Waals surface area contributed by atoms with Gasteiger partial charge in [-0.3, -0.25) is 4.79 Å². The number of carbonyl (C=O) groups excluding carboxylic acids is 1. The molecule has 0 spiro atoms. The van der Waals surface area contributed by atoms with E-state index in [4.69, 9.17) is 5.73 Å². The Bertz CT molecular complexity index is 525. The summed E-state index contributed by atoms with van der Waals surface area (Å²) >= 11 is 1.65. The SMILES string of the molecule is CCN(Cc1cccs1)C(=O)c1ccnc(N)c1. The Balaban J connectivity index is 2.15. The Labute approximate surface area is 110 Å². The molecule has 2 aromatic rings. The first kappa shape index (κ1) is 12.6. The van der Waals surface area contributed by atoms with E-state index < -0.39 is 0 Å². The zero-order chi connectivity index (χ0) is 13.0. The third-order valence-electron chi connectivity index (χ3n) is 2.62. The third kappa shape index (κ3) is 2.87. The molecule has 0 unspecified atom stereocenters. The van der Waals surface area contributed by atoms with Crippen molar-refractivity contribution in [1.29, 1.82) is 0 Å². The molecule has 0 saturated heterocycles. The lowest BCUT2D eigenvalue weighted by molar-refractivity contribution is 0.0754. The fourth-order valence-corrected chi connectivity index (χ4v) is 2.40. The molecule has 5 heteroatoms. The van der Waals surface area contributed by atoms with E-state index >= 15 is 0 Å². The lowest BCUT2D eigenvalue weighted by atomic mass is 10.2. The van der Waals surface area contributed by atoms with E-state index in [1.165, 1.54) is 4.88 Å². The average molecular weight is 261 g/mol. The molecule has 0 aliphatic carbocycles. The van der Waals surface area contributed by atoms with Gasteiger partial charge in [0.1, 0.15) is 5.82 Å². The minimum atomic E-state index is -0.0139. The van der Waals surface area contributed by atoms with Gasteiger partial charge in [0.2, 0.25) is 0 Å². The summed E-state index contributed by atoms with van der Waals surface area (Å²) in [6.45, 7) is 3.27. The number of anilines is 1. The van der Waals surface area contributed by atoms with Gasteiger partial charge >= 0.3 is 0 Å². The smallest absolute Gasteiger partial charge is 0.254 e. The van der Waals surface area contributed by atoms with Crippen molar-refractivity contribution in [3.63, 3.8) is 0 Å². The Morgan fingerprint density at radius 3 is 2.94 bits per heavy atom. The van der Waals surface area contributed by atoms with Crippen LogP contribution in [0, 0.1) is 0 Å². The maximum absolute atomic E-state index is 12.3. The molecule has 0 radical (unpaired) electrons. The van der Waals surface area contributed by atoms with E-state index in [-0.39, 0.29) is 5.91 Å². The van der Waals surface area contributed by atoms with Crippen LogP contribution in [0.15, 0.2) is 35.8 Å². The monoisotopic (exact) mass is 261 g/mol. The second-order valence-electron chi connectivity index (χ2n) is 3.87. The second-order valence-corrected chi connectivity index (χ2v) is 4.90. The van der Waals surface area contributed by atoms with E-state index in [1.807, 2.05) is 24.4 Å². The van der Waals surface area contributed by atoms with Crippen LogP contribution in [0.2, 0.25) is 0 Å². The summed E-state index contributed by atoms with van der Waals surface area (Å²) < 4.78 is 0. The molecule has 0 aromatic carbocycles. The first-order valence-electron chi connectivity index (χ1n) is 5.74. The first-order valence-corrected chi connectivity index (χ1v) is 6.62. The van der Waals surface area contributed by atoms with Crippen LogP contribution in [0.3, 0.4) is 0 Å². The van der Waals surface area contributed by atoms with Crippen LogP contribution in [-0.4, -0.2) is 22.3 Å². The predicted octanol–water partition coefficient (Wildman–Crippen LogP) is 2.39. The number of carbonyl (C=O) groups is 1. The number of nitrogens with zero attached hydrogens (tertiary/aromatic N) is 2. The number of rotatable bonds is 4. The normalized spacial score (nSPS) is 10.3. The molecular formula is C13H15N3OS. The van der Waals surface area contributed by atoms with Crippen molar-refractivity contribution >= 4 is 23.1 Å². The molecule has 4 nitrogen and oxygen atoms in total. The molecule has 18 heavy (non-hydrogen) atoms. The quantitative estimate of drug-likeness (QED) is 0.919. The van der Waals surface area contributed by atoms with Crippen LogP contribution in [0.5, 0.6) is 0 Å². The average Bonchev–Trinajstić information content (AvgIpc) is 2.88. The highest BCUT2D eigenvalue weighted by Gasteiger charge is 2.15. The van der Waals surface area contributed by atoms with E-state index in [9.17, 15) is 4.79 Å². The van der Waals surface area contributed by atoms with Crippen LogP contribution in [0.4, 0.5) is 5.82 Å². The van der Waals surface area contributed by atoms with Gasteiger partial charge in [0.25, 0.3) is 5.91 Å². The van der Waals surface area contributed by atoms with Crippen molar-refractivity contribution in [3.05, 3.63) is 46.3 Å². The van der Waals surface area contributed by atoms with Crippen LogP contribution in [0.25, 0.3) is 0 Å². The number of hydrogen-bond donors (Lipinski definition) is 1. The molecule has 2 rings (SSSR count). The minimum Gasteiger partial charge on any atom is -0.384 e. The van der Waals surface area contributed by atoms with Crippen molar-refractivity contribution in [2.45, 2.75) is 13.5 Å². The number of thiophene rings is 1. The first-order chi connectivity index (χ1) is 8.70. The molecule has 2 heterocycles. The Hall–Kier alpha value is -1.88. The summed E-state index contributed by atoms with van der Waals surface area (Å²) in [4.78, 5) is 19.2. The van der Waals surface area contributed by atoms with Crippen LogP contribution in [0.1, 0.15) is 22.2 Å². The summed E-state index contributed by atoms with van der Waals surface area (Å²) in [7, 11) is 0. The number of amides is 1. The fourth-order valence-electron chi connectivity index (χ4n) is 1.68. The van der Waals surface area contributed by atoms with Gasteiger partial charge in [-0.15, -0.1) is 11.3 Å². The van der Waals surface area contributed by atoms with Crippen molar-refractivity contribution in [2.75, 3.05) is 12.3 Å². The highest BCUT2D eigenvalue weighted by molar-refractivity contribution is 7.09. The molecule has 0 fully saturated rings. The number of nitrogens with two attached hydrogens (primary N) is 1. The summed E-state index contributed by atoms with van der Waals surface area (Å²) in [6, 6.07) is 7.32. The molecule has 0 aliphatic rings. The number of pyridine rings is 1. The van der Waals surface area contributed by atoms with Gasteiger partial charge in [-0.2, -0.15) is 0 Å². The van der Waals surface area contributed by atoms with Crippen LogP contribution < -0.4 is 5.73 Å². The number of aromatic nitrogens is 1. The zero-order valence-electron chi connectivity index (χ0n) is 10.2. The van der Waals surface area contributed by atoms with Gasteiger partial charge in [-0.05, 0) is 30.5 Å². The minimum absolute atomic E-state index is 0.0139. The van der Waals surface area contributed by atoms with Crippen molar-refractivity contribution in [2.24, 2.45) is 0 Å². The third-order valence-corrected chi connectivity index (χ3v) is 3.48. The molecule has 94 valence electrons. The summed E-state index contributed by atoms with van der Waals surface area (Å²) in [5.74, 6) is 0.355.